The molecule has 9 heteroatoms. The van der Waals surface area contributed by atoms with E-state index in [1.165, 1.54) is 16.3 Å². The molecule has 9 nitrogen and oxygen atoms in total. The maximum Gasteiger partial charge on any atom is 0.295 e. The van der Waals surface area contributed by atoms with Gasteiger partial charge in [-0.15, -0.1) is 0 Å². The van der Waals surface area contributed by atoms with Crippen molar-refractivity contribution in [2.24, 2.45) is 7.05 Å². The smallest absolute Gasteiger partial charge is 0.295 e. The van der Waals surface area contributed by atoms with Crippen LogP contribution in [0, 0.1) is 6.92 Å². The first-order chi connectivity index (χ1) is 13.9. The number of quaternary nitrogens is 1. The number of furan rings is 1. The number of carbonyl (C=O) groups is 2. The first-order valence-electron chi connectivity index (χ1n) is 9.09. The molecule has 29 heavy (non-hydrogen) atoms. The Kier molecular flexibility index (Phi) is 5.99. The summed E-state index contributed by atoms with van der Waals surface area (Å²) in [6.07, 6.45) is 1.00. The third-order valence-corrected chi connectivity index (χ3v) is 4.71. The van der Waals surface area contributed by atoms with Crippen molar-refractivity contribution < 1.29 is 24.4 Å². The highest BCUT2D eigenvalue weighted by Gasteiger charge is 2.26. The molecular weight excluding hydrogens is 376 g/mol. The molecule has 0 aliphatic carbocycles. The van der Waals surface area contributed by atoms with E-state index < -0.39 is 29.9 Å². The van der Waals surface area contributed by atoms with Crippen LogP contribution >= 0.6 is 0 Å². The molecule has 0 bridgehead atoms. The molecule has 3 N–H and O–H groups in total. The lowest BCUT2D eigenvalue weighted by Crippen LogP contribution is -2.91. The van der Waals surface area contributed by atoms with Crippen LogP contribution < -0.4 is 21.3 Å². The summed E-state index contributed by atoms with van der Waals surface area (Å²) in [5, 5.41) is 15.2. The minimum Gasteiger partial charge on any atom is -0.550 e. The molecule has 3 rings (SSSR count). The molecule has 0 saturated carbocycles. The van der Waals surface area contributed by atoms with Gasteiger partial charge in [0.1, 0.15) is 12.2 Å². The number of nitrogens with one attached hydrogen (secondary N) is 1. The number of hydrogen-bond donors (Lipinski definition) is 2. The van der Waals surface area contributed by atoms with Gasteiger partial charge in [-0.2, -0.15) is 0 Å². The Labute approximate surface area is 166 Å². The Morgan fingerprint density at radius 3 is 2.55 bits per heavy atom. The molecule has 0 aliphatic rings. The van der Waals surface area contributed by atoms with E-state index in [1.807, 2.05) is 18.2 Å². The monoisotopic (exact) mass is 398 g/mol. The lowest BCUT2D eigenvalue weighted by Gasteiger charge is -2.15. The van der Waals surface area contributed by atoms with E-state index in [2.05, 4.69) is 5.32 Å². The third-order valence-electron chi connectivity index (χ3n) is 4.71. The van der Waals surface area contributed by atoms with Crippen LogP contribution in [-0.4, -0.2) is 27.3 Å². The number of carboxylic acid groups (broad SMARTS) is 1. The van der Waals surface area contributed by atoms with E-state index in [0.29, 0.717) is 17.1 Å². The Bertz CT molecular complexity index is 1050. The van der Waals surface area contributed by atoms with Crippen molar-refractivity contribution in [3.05, 3.63) is 70.5 Å². The summed E-state index contributed by atoms with van der Waals surface area (Å²) >= 11 is 0. The summed E-state index contributed by atoms with van der Waals surface area (Å²) in [4.78, 5) is 36.8. The van der Waals surface area contributed by atoms with E-state index in [4.69, 9.17) is 4.42 Å². The van der Waals surface area contributed by atoms with Gasteiger partial charge in [-0.25, -0.2) is 4.68 Å². The summed E-state index contributed by atoms with van der Waals surface area (Å²) in [5.41, 5.74) is 0.906. The zero-order chi connectivity index (χ0) is 21.0. The van der Waals surface area contributed by atoms with Gasteiger partial charge in [0, 0.05) is 19.4 Å². The highest BCUT2D eigenvalue weighted by Crippen LogP contribution is 2.14. The van der Waals surface area contributed by atoms with Gasteiger partial charge in [0.15, 0.2) is 11.8 Å². The quantitative estimate of drug-likeness (QED) is 0.518. The number of benzene rings is 1. The number of nitrogens with zero attached hydrogens (tertiary/aromatic N) is 2. The Morgan fingerprint density at radius 2 is 1.93 bits per heavy atom. The van der Waals surface area contributed by atoms with Gasteiger partial charge in [0.2, 0.25) is 0 Å². The van der Waals surface area contributed by atoms with Crippen molar-refractivity contribution in [3.63, 3.8) is 0 Å². The van der Waals surface area contributed by atoms with E-state index in [1.54, 1.807) is 42.9 Å². The van der Waals surface area contributed by atoms with Crippen LogP contribution in [0.25, 0.3) is 5.69 Å². The second kappa shape index (κ2) is 8.61. The molecule has 1 amide bonds. The van der Waals surface area contributed by atoms with Crippen molar-refractivity contribution in [2.75, 3.05) is 5.32 Å². The lowest BCUT2D eigenvalue weighted by molar-refractivity contribution is -0.693. The van der Waals surface area contributed by atoms with Crippen LogP contribution in [0.2, 0.25) is 0 Å². The Hall–Kier alpha value is -3.59. The number of aliphatic carboxylic acids is 1. The average molecular weight is 398 g/mol. The number of carbonyl (C=O) groups excluding carboxylic acids is 2. The number of anilines is 1. The highest BCUT2D eigenvalue weighted by molar-refractivity contribution is 5.95. The van der Waals surface area contributed by atoms with Crippen LogP contribution in [0.1, 0.15) is 17.9 Å². The Morgan fingerprint density at radius 1 is 1.21 bits per heavy atom. The predicted molar refractivity (Wildman–Crippen MR) is 102 cm³/mol. The van der Waals surface area contributed by atoms with Crippen LogP contribution in [0.3, 0.4) is 0 Å². The summed E-state index contributed by atoms with van der Waals surface area (Å²) in [6.45, 7) is 1.98. The Balaban J connectivity index is 1.84. The van der Waals surface area contributed by atoms with Crippen molar-refractivity contribution in [2.45, 2.75) is 25.9 Å². The average Bonchev–Trinajstić information content (AvgIpc) is 3.28. The number of carboxylic acids is 1. The van der Waals surface area contributed by atoms with Crippen molar-refractivity contribution >= 4 is 17.6 Å². The zero-order valence-corrected chi connectivity index (χ0v) is 16.1. The fourth-order valence-electron chi connectivity index (χ4n) is 3.08. The number of amides is 1. The van der Waals surface area contributed by atoms with Crippen LogP contribution in [0.15, 0.2) is 57.9 Å². The van der Waals surface area contributed by atoms with Crippen molar-refractivity contribution in [3.8, 4) is 5.69 Å². The molecule has 0 unspecified atom stereocenters. The molecule has 2 aromatic heterocycles. The number of para-hydroxylation sites is 1. The first-order valence-corrected chi connectivity index (χ1v) is 9.09. The van der Waals surface area contributed by atoms with Gasteiger partial charge in [0.05, 0.1) is 17.6 Å². The second-order valence-corrected chi connectivity index (χ2v) is 6.63. The molecule has 2 heterocycles. The van der Waals surface area contributed by atoms with Gasteiger partial charge in [-0.3, -0.25) is 14.3 Å². The minimum absolute atomic E-state index is 0.107. The highest BCUT2D eigenvalue weighted by atomic mass is 16.4. The molecule has 0 fully saturated rings. The fraction of sp³-hybridized carbons (Fsp3) is 0.250. The van der Waals surface area contributed by atoms with E-state index in [0.717, 1.165) is 0 Å². The topological polar surface area (TPSA) is 126 Å². The van der Waals surface area contributed by atoms with Gasteiger partial charge in [0.25, 0.3) is 11.5 Å². The fourth-order valence-corrected chi connectivity index (χ4v) is 3.08. The minimum atomic E-state index is -1.35. The molecule has 1 aromatic carbocycles. The zero-order valence-electron chi connectivity index (χ0n) is 16.1. The lowest BCUT2D eigenvalue weighted by atomic mass is 10.2. The van der Waals surface area contributed by atoms with Crippen LogP contribution in [-0.2, 0) is 23.2 Å². The van der Waals surface area contributed by atoms with Crippen molar-refractivity contribution in [1.29, 1.82) is 0 Å². The standard InChI is InChI=1S/C20H22N4O5/c1-13-18(20(28)24(23(13)2)14-7-4-3-5-8-14)22-19(27)16(11-17(25)26)21-12-15-9-6-10-29-15/h3-10,16,21H,11-12H2,1-2H3,(H,22,27)(H,25,26)/t16-/m1/s1. The van der Waals surface area contributed by atoms with E-state index >= 15 is 0 Å². The first kappa shape index (κ1) is 20.2. The van der Waals surface area contributed by atoms with Gasteiger partial charge in [-0.05, 0) is 31.2 Å². The molecule has 0 aliphatic heterocycles. The maximum atomic E-state index is 12.9. The summed E-state index contributed by atoms with van der Waals surface area (Å²) in [5.74, 6) is -1.34. The SMILES string of the molecule is Cc1c(NC(=O)[C@@H](CC(=O)[O-])[NH2+]Cc2ccco2)c(=O)n(-c2ccccc2)n1C. The number of hydrogen-bond acceptors (Lipinski definition) is 5. The van der Waals surface area contributed by atoms with Gasteiger partial charge < -0.3 is 25.0 Å². The van der Waals surface area contributed by atoms with Crippen molar-refractivity contribution in [1.82, 2.24) is 9.36 Å². The summed E-state index contributed by atoms with van der Waals surface area (Å²) in [6, 6.07) is 11.5. The summed E-state index contributed by atoms with van der Waals surface area (Å²) < 4.78 is 8.28. The number of rotatable bonds is 8. The van der Waals surface area contributed by atoms with E-state index in [9.17, 15) is 19.5 Å². The predicted octanol–water partition coefficient (Wildman–Crippen LogP) is -0.712. The number of nitrogens with two attached hydrogens (primary N) is 1. The molecule has 0 saturated heterocycles. The molecule has 0 radical (unpaired) electrons. The van der Waals surface area contributed by atoms with Crippen LogP contribution in [0.4, 0.5) is 5.69 Å². The molecule has 152 valence electrons. The second-order valence-electron chi connectivity index (χ2n) is 6.63. The molecular formula is C20H22N4O5. The third kappa shape index (κ3) is 4.46. The normalized spacial score (nSPS) is 11.9. The molecule has 1 atom stereocenters. The molecule has 0 spiro atoms. The summed E-state index contributed by atoms with van der Waals surface area (Å²) in [7, 11) is 1.71. The van der Waals surface area contributed by atoms with Crippen LogP contribution in [0.5, 0.6) is 0 Å². The van der Waals surface area contributed by atoms with Gasteiger partial charge >= 0.3 is 0 Å². The van der Waals surface area contributed by atoms with Gasteiger partial charge in [-0.1, -0.05) is 18.2 Å². The van der Waals surface area contributed by atoms with E-state index in [-0.39, 0.29) is 12.2 Å². The largest absolute Gasteiger partial charge is 0.550 e. The molecule has 3 aromatic rings. The number of aromatic nitrogens is 2. The maximum absolute atomic E-state index is 12.9.